The molecule has 0 saturated heterocycles. The molecule has 2 N–H and O–H groups in total. The van der Waals surface area contributed by atoms with E-state index in [2.05, 4.69) is 5.32 Å². The fourth-order valence-corrected chi connectivity index (χ4v) is 1.93. The first-order valence-corrected chi connectivity index (χ1v) is 6.50. The van der Waals surface area contributed by atoms with Crippen molar-refractivity contribution in [3.05, 3.63) is 39.4 Å². The van der Waals surface area contributed by atoms with Crippen LogP contribution in [0.4, 0.5) is 5.69 Å². The fraction of sp³-hybridized carbons (Fsp3) is 0.429. The summed E-state index contributed by atoms with van der Waals surface area (Å²) in [5.74, 6) is -1.66. The van der Waals surface area contributed by atoms with Gasteiger partial charge in [0.1, 0.15) is 6.04 Å². The van der Waals surface area contributed by atoms with Gasteiger partial charge in [0.2, 0.25) is 0 Å². The van der Waals surface area contributed by atoms with Gasteiger partial charge in [-0.3, -0.25) is 14.9 Å². The van der Waals surface area contributed by atoms with Gasteiger partial charge in [0.05, 0.1) is 4.92 Å². The highest BCUT2D eigenvalue weighted by Crippen LogP contribution is 2.17. The lowest BCUT2D eigenvalue weighted by molar-refractivity contribution is -0.384. The second-order valence-corrected chi connectivity index (χ2v) is 5.31. The van der Waals surface area contributed by atoms with Crippen molar-refractivity contribution in [1.29, 1.82) is 0 Å². The molecule has 0 saturated carbocycles. The predicted molar refractivity (Wildman–Crippen MR) is 76.2 cm³/mol. The summed E-state index contributed by atoms with van der Waals surface area (Å²) in [6.45, 7) is 5.33. The third-order valence-electron chi connectivity index (χ3n) is 2.85. The molecule has 1 rings (SSSR count). The maximum absolute atomic E-state index is 12.1. The fourth-order valence-electron chi connectivity index (χ4n) is 1.93. The number of aryl methyl sites for hydroxylation is 1. The Morgan fingerprint density at radius 2 is 1.95 bits per heavy atom. The smallest absolute Gasteiger partial charge is 0.326 e. The number of carbonyl (C=O) groups is 2. The number of carboxylic acids is 1. The molecule has 114 valence electrons. The average Bonchev–Trinajstić information content (AvgIpc) is 2.36. The number of hydrogen-bond donors (Lipinski definition) is 2. The Bertz CT molecular complexity index is 568. The van der Waals surface area contributed by atoms with Gasteiger partial charge in [-0.1, -0.05) is 13.8 Å². The molecular weight excluding hydrogens is 276 g/mol. The molecule has 0 aliphatic carbocycles. The lowest BCUT2D eigenvalue weighted by Crippen LogP contribution is -2.41. The monoisotopic (exact) mass is 294 g/mol. The molecule has 21 heavy (non-hydrogen) atoms. The van der Waals surface area contributed by atoms with E-state index in [0.29, 0.717) is 5.56 Å². The number of non-ortho nitro benzene ring substituents is 1. The summed E-state index contributed by atoms with van der Waals surface area (Å²) in [5.41, 5.74) is 0.442. The van der Waals surface area contributed by atoms with Crippen molar-refractivity contribution in [1.82, 2.24) is 5.32 Å². The minimum Gasteiger partial charge on any atom is -0.480 e. The van der Waals surface area contributed by atoms with Crippen molar-refractivity contribution in [2.45, 2.75) is 33.2 Å². The lowest BCUT2D eigenvalue weighted by Gasteiger charge is -2.16. The van der Waals surface area contributed by atoms with Crippen molar-refractivity contribution in [3.63, 3.8) is 0 Å². The zero-order valence-corrected chi connectivity index (χ0v) is 12.1. The van der Waals surface area contributed by atoms with E-state index in [0.717, 1.165) is 6.07 Å². The quantitative estimate of drug-likeness (QED) is 0.617. The maximum Gasteiger partial charge on any atom is 0.326 e. The summed E-state index contributed by atoms with van der Waals surface area (Å²) in [6.07, 6.45) is 0.287. The molecule has 0 heterocycles. The number of nitro benzene ring substituents is 1. The van der Waals surface area contributed by atoms with E-state index < -0.39 is 22.8 Å². The van der Waals surface area contributed by atoms with Crippen LogP contribution in [-0.4, -0.2) is 27.9 Å². The number of amides is 1. The lowest BCUT2D eigenvalue weighted by atomic mass is 10.0. The molecule has 1 amide bonds. The number of carboxylic acid groups (broad SMARTS) is 1. The molecule has 1 aromatic rings. The van der Waals surface area contributed by atoms with Gasteiger partial charge in [0.25, 0.3) is 11.6 Å². The third-order valence-corrected chi connectivity index (χ3v) is 2.85. The van der Waals surface area contributed by atoms with Crippen molar-refractivity contribution in [2.24, 2.45) is 5.92 Å². The normalized spacial score (nSPS) is 12.0. The van der Waals surface area contributed by atoms with E-state index in [9.17, 15) is 19.7 Å². The summed E-state index contributed by atoms with van der Waals surface area (Å²) in [4.78, 5) is 33.4. The van der Waals surface area contributed by atoms with Crippen LogP contribution >= 0.6 is 0 Å². The van der Waals surface area contributed by atoms with Gasteiger partial charge in [-0.2, -0.15) is 0 Å². The maximum atomic E-state index is 12.1. The Balaban J connectivity index is 2.97. The second-order valence-electron chi connectivity index (χ2n) is 5.31. The van der Waals surface area contributed by atoms with E-state index >= 15 is 0 Å². The number of hydrogen-bond acceptors (Lipinski definition) is 4. The van der Waals surface area contributed by atoms with Crippen LogP contribution in [-0.2, 0) is 4.79 Å². The number of benzene rings is 1. The Morgan fingerprint density at radius 1 is 1.33 bits per heavy atom. The highest BCUT2D eigenvalue weighted by molar-refractivity contribution is 5.97. The van der Waals surface area contributed by atoms with Gasteiger partial charge in [-0.25, -0.2) is 4.79 Å². The third kappa shape index (κ3) is 4.87. The molecule has 1 atom stereocenters. The summed E-state index contributed by atoms with van der Waals surface area (Å²) in [7, 11) is 0. The molecule has 0 unspecified atom stereocenters. The molecular formula is C14H18N2O5. The molecule has 7 nitrogen and oxygen atoms in total. The summed E-state index contributed by atoms with van der Waals surface area (Å²) in [5, 5.41) is 22.3. The standard InChI is InChI=1S/C14H18N2O5/c1-8(2)4-12(14(18)19)15-13(17)10-5-9(3)6-11(7-10)16(20)21/h5-8,12H,4H2,1-3H3,(H,15,17)(H,18,19)/t12-/m0/s1. The van der Waals surface area contributed by atoms with Crippen LogP contribution in [0.15, 0.2) is 18.2 Å². The molecule has 0 aliphatic rings. The number of rotatable bonds is 6. The second kappa shape index (κ2) is 6.83. The van der Waals surface area contributed by atoms with Crippen LogP contribution < -0.4 is 5.32 Å². The first-order valence-electron chi connectivity index (χ1n) is 6.50. The number of nitro groups is 1. The van der Waals surface area contributed by atoms with E-state index in [4.69, 9.17) is 5.11 Å². The van der Waals surface area contributed by atoms with Crippen molar-refractivity contribution < 1.29 is 19.6 Å². The van der Waals surface area contributed by atoms with E-state index in [1.54, 1.807) is 6.92 Å². The van der Waals surface area contributed by atoms with Crippen molar-refractivity contribution in [3.8, 4) is 0 Å². The zero-order valence-electron chi connectivity index (χ0n) is 12.1. The van der Waals surface area contributed by atoms with Gasteiger partial charge in [0.15, 0.2) is 0 Å². The predicted octanol–water partition coefficient (Wildman–Crippen LogP) is 2.13. The molecule has 0 aromatic heterocycles. The number of nitrogens with one attached hydrogen (secondary N) is 1. The largest absolute Gasteiger partial charge is 0.480 e. The Hall–Kier alpha value is -2.44. The minimum absolute atomic E-state index is 0.0803. The Kier molecular flexibility index (Phi) is 5.40. The highest BCUT2D eigenvalue weighted by Gasteiger charge is 2.22. The van der Waals surface area contributed by atoms with E-state index in [1.807, 2.05) is 13.8 Å². The van der Waals surface area contributed by atoms with E-state index in [-0.39, 0.29) is 23.6 Å². The zero-order chi connectivity index (χ0) is 16.2. The van der Waals surface area contributed by atoms with E-state index in [1.165, 1.54) is 12.1 Å². The van der Waals surface area contributed by atoms with Gasteiger partial charge in [-0.05, 0) is 30.9 Å². The van der Waals surface area contributed by atoms with Gasteiger partial charge < -0.3 is 10.4 Å². The number of nitrogens with zero attached hydrogens (tertiary/aromatic N) is 1. The summed E-state index contributed by atoms with van der Waals surface area (Å²) >= 11 is 0. The van der Waals surface area contributed by atoms with Crippen LogP contribution in [0.5, 0.6) is 0 Å². The SMILES string of the molecule is Cc1cc(C(=O)N[C@@H](CC(C)C)C(=O)O)cc([N+](=O)[O-])c1. The number of carbonyl (C=O) groups excluding carboxylic acids is 1. The molecule has 0 aliphatic heterocycles. The topological polar surface area (TPSA) is 110 Å². The molecule has 0 bridgehead atoms. The summed E-state index contributed by atoms with van der Waals surface area (Å²) < 4.78 is 0. The Labute approximate surface area is 122 Å². The van der Waals surface area contributed by atoms with Gasteiger partial charge >= 0.3 is 5.97 Å². The molecule has 0 radical (unpaired) electrons. The van der Waals surface area contributed by atoms with Crippen LogP contribution in [0.25, 0.3) is 0 Å². The highest BCUT2D eigenvalue weighted by atomic mass is 16.6. The Morgan fingerprint density at radius 3 is 2.43 bits per heavy atom. The number of aliphatic carboxylic acids is 1. The van der Waals surface area contributed by atoms with Crippen LogP contribution in [0.3, 0.4) is 0 Å². The first-order chi connectivity index (χ1) is 9.70. The van der Waals surface area contributed by atoms with Crippen LogP contribution in [0.1, 0.15) is 36.2 Å². The molecule has 1 aromatic carbocycles. The summed E-state index contributed by atoms with van der Waals surface area (Å²) in [6, 6.07) is 2.95. The van der Waals surface area contributed by atoms with Crippen molar-refractivity contribution >= 4 is 17.6 Å². The minimum atomic E-state index is -1.13. The molecule has 7 heteroatoms. The molecule has 0 fully saturated rings. The van der Waals surface area contributed by atoms with Gasteiger partial charge in [-0.15, -0.1) is 0 Å². The van der Waals surface area contributed by atoms with Crippen LogP contribution in [0.2, 0.25) is 0 Å². The van der Waals surface area contributed by atoms with Crippen LogP contribution in [0, 0.1) is 23.0 Å². The average molecular weight is 294 g/mol. The molecule has 0 spiro atoms. The van der Waals surface area contributed by atoms with Gasteiger partial charge in [0, 0.05) is 17.7 Å². The first kappa shape index (κ1) is 16.6. The van der Waals surface area contributed by atoms with Crippen molar-refractivity contribution in [2.75, 3.05) is 0 Å².